The van der Waals surface area contributed by atoms with Gasteiger partial charge in [-0.25, -0.2) is 0 Å². The van der Waals surface area contributed by atoms with Crippen LogP contribution in [0.5, 0.6) is 0 Å². The third-order valence-electron chi connectivity index (χ3n) is 4.37. The Kier molecular flexibility index (Phi) is 18.2. The molecule has 0 amide bonds. The number of hydrogen-bond donors (Lipinski definition) is 1. The number of rotatable bonds is 27. The average Bonchev–Trinajstić information content (AvgIpc) is 3.48. The molecule has 12 nitrogen and oxygen atoms in total. The van der Waals surface area contributed by atoms with E-state index in [9.17, 15) is 0 Å². The third-order valence-corrected chi connectivity index (χ3v) is 4.37. The van der Waals surface area contributed by atoms with E-state index in [1.807, 2.05) is 0 Å². The zero-order valence-corrected chi connectivity index (χ0v) is 19.4. The Hall–Kier alpha value is -0.480. The molecule has 0 saturated carbocycles. The van der Waals surface area contributed by atoms with Crippen molar-refractivity contribution < 1.29 is 57.2 Å². The van der Waals surface area contributed by atoms with Gasteiger partial charge in [-0.2, -0.15) is 0 Å². The minimum absolute atomic E-state index is 0.0176. The summed E-state index contributed by atoms with van der Waals surface area (Å²) in [6, 6.07) is 0. The molecule has 2 aliphatic rings. The van der Waals surface area contributed by atoms with Gasteiger partial charge in [0.1, 0.15) is 0 Å². The van der Waals surface area contributed by atoms with Crippen molar-refractivity contribution in [1.29, 1.82) is 0 Å². The lowest BCUT2D eigenvalue weighted by Gasteiger charge is -2.20. The van der Waals surface area contributed by atoms with Crippen molar-refractivity contribution in [3.05, 3.63) is 0 Å². The molecule has 33 heavy (non-hydrogen) atoms. The van der Waals surface area contributed by atoms with Gasteiger partial charge in [-0.1, -0.05) is 0 Å². The van der Waals surface area contributed by atoms with Crippen LogP contribution in [-0.2, 0) is 52.1 Å². The fraction of sp³-hybridized carbons (Fsp3) is 1.00. The number of fused-ring (bicyclic) bond motifs is 1. The van der Waals surface area contributed by atoms with Crippen LogP contribution in [0.1, 0.15) is 0 Å². The lowest BCUT2D eigenvalue weighted by molar-refractivity contribution is -0.206. The fourth-order valence-corrected chi connectivity index (χ4v) is 2.59. The fourth-order valence-electron chi connectivity index (χ4n) is 2.59. The quantitative estimate of drug-likeness (QED) is 0.116. The van der Waals surface area contributed by atoms with Gasteiger partial charge in [-0.05, 0) is 0 Å². The predicted molar refractivity (Wildman–Crippen MR) is 113 cm³/mol. The summed E-state index contributed by atoms with van der Waals surface area (Å²) in [5, 5.41) is 8.54. The van der Waals surface area contributed by atoms with Crippen LogP contribution in [0.2, 0.25) is 0 Å². The standard InChI is InChI=1S/C21H40O12/c22-1-2-23-3-4-24-5-6-25-7-8-26-9-10-27-11-12-28-13-14-29-15-16-30-17-18-31-20-19-21(32-19)33-20/h19-22H,1-18H2. The zero-order chi connectivity index (χ0) is 23.2. The number of ether oxygens (including phenoxy) is 11. The van der Waals surface area contributed by atoms with Crippen LogP contribution in [0.15, 0.2) is 0 Å². The summed E-state index contributed by atoms with van der Waals surface area (Å²) in [7, 11) is 0. The number of epoxide rings is 1. The summed E-state index contributed by atoms with van der Waals surface area (Å²) in [5.74, 6) is 0. The van der Waals surface area contributed by atoms with Crippen LogP contribution in [0.25, 0.3) is 0 Å². The third kappa shape index (κ3) is 15.9. The normalized spacial score (nSPS) is 21.2. The zero-order valence-electron chi connectivity index (χ0n) is 19.4. The number of aliphatic hydroxyl groups excluding tert-OH is 1. The summed E-state index contributed by atoms with van der Waals surface area (Å²) in [4.78, 5) is 0. The van der Waals surface area contributed by atoms with Gasteiger partial charge in [0, 0.05) is 0 Å². The van der Waals surface area contributed by atoms with E-state index >= 15 is 0 Å². The summed E-state index contributed by atoms with van der Waals surface area (Å²) in [6.07, 6.45) is -0.0871. The smallest absolute Gasteiger partial charge is 0.192 e. The summed E-state index contributed by atoms with van der Waals surface area (Å²) >= 11 is 0. The maximum Gasteiger partial charge on any atom is 0.192 e. The lowest BCUT2D eigenvalue weighted by Crippen LogP contribution is -2.36. The monoisotopic (exact) mass is 484 g/mol. The van der Waals surface area contributed by atoms with Gasteiger partial charge in [-0.15, -0.1) is 0 Å². The summed E-state index contributed by atoms with van der Waals surface area (Å²) in [5.41, 5.74) is 0. The highest BCUT2D eigenvalue weighted by Crippen LogP contribution is 2.40. The Morgan fingerprint density at radius 2 is 0.758 bits per heavy atom. The molecule has 0 radical (unpaired) electrons. The van der Waals surface area contributed by atoms with Crippen molar-refractivity contribution in [3.63, 3.8) is 0 Å². The van der Waals surface area contributed by atoms with E-state index in [0.29, 0.717) is 112 Å². The molecule has 0 aliphatic carbocycles. The minimum Gasteiger partial charge on any atom is -0.394 e. The van der Waals surface area contributed by atoms with E-state index in [1.165, 1.54) is 0 Å². The van der Waals surface area contributed by atoms with Crippen LogP contribution < -0.4 is 0 Å². The maximum atomic E-state index is 8.54. The van der Waals surface area contributed by atoms with Gasteiger partial charge in [0.25, 0.3) is 0 Å². The molecule has 2 aliphatic heterocycles. The van der Waals surface area contributed by atoms with Crippen LogP contribution in [0, 0.1) is 0 Å². The van der Waals surface area contributed by atoms with Crippen molar-refractivity contribution >= 4 is 0 Å². The number of aliphatic hydroxyl groups is 1. The second-order valence-corrected chi connectivity index (χ2v) is 6.97. The summed E-state index contributed by atoms with van der Waals surface area (Å²) < 4.78 is 58.6. The number of hydrogen-bond acceptors (Lipinski definition) is 12. The highest BCUT2D eigenvalue weighted by Gasteiger charge is 2.59. The van der Waals surface area contributed by atoms with Crippen LogP contribution >= 0.6 is 0 Å². The first-order chi connectivity index (χ1) is 16.4. The van der Waals surface area contributed by atoms with E-state index in [0.717, 1.165) is 0 Å². The molecule has 0 aromatic rings. The Morgan fingerprint density at radius 3 is 1.03 bits per heavy atom. The van der Waals surface area contributed by atoms with Gasteiger partial charge >= 0.3 is 0 Å². The molecule has 0 aromatic carbocycles. The van der Waals surface area contributed by atoms with E-state index in [4.69, 9.17) is 57.2 Å². The molecule has 3 atom stereocenters. The molecule has 1 N–H and O–H groups in total. The molecule has 0 bridgehead atoms. The van der Waals surface area contributed by atoms with E-state index in [-0.39, 0.29) is 25.3 Å². The summed E-state index contributed by atoms with van der Waals surface area (Å²) in [6.45, 7) is 8.48. The van der Waals surface area contributed by atoms with Gasteiger partial charge in [0.2, 0.25) is 0 Å². The molecule has 0 spiro atoms. The SMILES string of the molecule is OCCOCCOCCOCCOCCOCCOCCOCCOCCOC1OC2OC12. The predicted octanol–water partition coefficient (Wildman–Crippen LogP) is -0.791. The molecule has 2 rings (SSSR count). The first-order valence-corrected chi connectivity index (χ1v) is 11.6. The second-order valence-electron chi connectivity index (χ2n) is 6.97. The van der Waals surface area contributed by atoms with Crippen LogP contribution in [0.4, 0.5) is 0 Å². The van der Waals surface area contributed by atoms with Crippen molar-refractivity contribution in [2.75, 3.05) is 119 Å². The van der Waals surface area contributed by atoms with E-state index in [2.05, 4.69) is 0 Å². The van der Waals surface area contributed by atoms with Crippen LogP contribution in [-0.4, -0.2) is 143 Å². The first kappa shape index (κ1) is 28.8. The molecule has 2 fully saturated rings. The topological polar surface area (TPSA) is 125 Å². The van der Waals surface area contributed by atoms with Crippen molar-refractivity contribution in [3.8, 4) is 0 Å². The Balaban J connectivity index is 1.13. The lowest BCUT2D eigenvalue weighted by atomic mass is 10.3. The first-order valence-electron chi connectivity index (χ1n) is 11.6. The highest BCUT2D eigenvalue weighted by atomic mass is 16.9. The Bertz CT molecular complexity index is 430. The Labute approximate surface area is 195 Å². The Morgan fingerprint density at radius 1 is 0.424 bits per heavy atom. The molecule has 12 heteroatoms. The molecule has 3 unspecified atom stereocenters. The molecule has 196 valence electrons. The average molecular weight is 485 g/mol. The van der Waals surface area contributed by atoms with Gasteiger partial charge in [0.15, 0.2) is 18.7 Å². The molecule has 0 aromatic heterocycles. The van der Waals surface area contributed by atoms with E-state index in [1.54, 1.807) is 0 Å². The van der Waals surface area contributed by atoms with Gasteiger partial charge in [0.05, 0.1) is 119 Å². The second kappa shape index (κ2) is 20.9. The molecular formula is C21H40O12. The van der Waals surface area contributed by atoms with Crippen molar-refractivity contribution in [1.82, 2.24) is 0 Å². The highest BCUT2D eigenvalue weighted by molar-refractivity contribution is 4.90. The largest absolute Gasteiger partial charge is 0.394 e. The molecular weight excluding hydrogens is 444 g/mol. The maximum absolute atomic E-state index is 8.54. The minimum atomic E-state index is -0.213. The van der Waals surface area contributed by atoms with Gasteiger partial charge in [-0.3, -0.25) is 0 Å². The van der Waals surface area contributed by atoms with Crippen LogP contribution in [0.3, 0.4) is 0 Å². The molecule has 2 heterocycles. The van der Waals surface area contributed by atoms with Crippen molar-refractivity contribution in [2.45, 2.75) is 18.7 Å². The van der Waals surface area contributed by atoms with Crippen molar-refractivity contribution in [2.24, 2.45) is 0 Å². The van der Waals surface area contributed by atoms with E-state index < -0.39 is 0 Å². The molecule has 2 saturated heterocycles. The van der Waals surface area contributed by atoms with Gasteiger partial charge < -0.3 is 57.2 Å².